The van der Waals surface area contributed by atoms with Gasteiger partial charge in [-0.3, -0.25) is 0 Å². The Kier molecular flexibility index (Phi) is 11.9. The number of phenolic OH excluding ortho intramolecular Hbond substituents is 2. The van der Waals surface area contributed by atoms with Crippen molar-refractivity contribution in [1.29, 1.82) is 0 Å². The van der Waals surface area contributed by atoms with Crippen LogP contribution in [0.25, 0.3) is 0 Å². The predicted molar refractivity (Wildman–Crippen MR) is 268 cm³/mol. The fourth-order valence-corrected chi connectivity index (χ4v) is 9.49. The third-order valence-electron chi connectivity index (χ3n) is 13.7. The van der Waals surface area contributed by atoms with E-state index in [0.717, 1.165) is 89.4 Å². The van der Waals surface area contributed by atoms with Gasteiger partial charge in [0.05, 0.1) is 25.5 Å². The van der Waals surface area contributed by atoms with Gasteiger partial charge in [-0.2, -0.15) is 0 Å². The average Bonchev–Trinajstić information content (AvgIpc) is 3.90. The highest BCUT2D eigenvalue weighted by molar-refractivity contribution is 5.59. The molecule has 14 bridgehead atoms. The molecule has 0 saturated heterocycles. The van der Waals surface area contributed by atoms with E-state index in [1.807, 2.05) is 33.9 Å². The van der Waals surface area contributed by atoms with Crippen LogP contribution >= 0.6 is 0 Å². The molecule has 5 aromatic carbocycles. The van der Waals surface area contributed by atoms with Gasteiger partial charge in [0.25, 0.3) is 0 Å². The summed E-state index contributed by atoms with van der Waals surface area (Å²) >= 11 is 0. The lowest BCUT2D eigenvalue weighted by Gasteiger charge is -2.28. The van der Waals surface area contributed by atoms with Gasteiger partial charge in [0.1, 0.15) is 47.6 Å². The monoisotopic (exact) mass is 913 g/mol. The molecular formula is C58H68N6O4. The van der Waals surface area contributed by atoms with Crippen LogP contribution in [0.1, 0.15) is 172 Å². The maximum Gasteiger partial charge on any atom is 0.134 e. The van der Waals surface area contributed by atoms with E-state index >= 15 is 0 Å². The van der Waals surface area contributed by atoms with Crippen molar-refractivity contribution < 1.29 is 19.7 Å². The molecule has 0 radical (unpaired) electrons. The van der Waals surface area contributed by atoms with Crippen LogP contribution in [-0.2, 0) is 73.6 Å². The number of hydrogen-bond donors (Lipinski definition) is 2. The van der Waals surface area contributed by atoms with Crippen molar-refractivity contribution in [2.45, 2.75) is 157 Å². The minimum Gasteiger partial charge on any atom is -0.507 e. The van der Waals surface area contributed by atoms with Crippen molar-refractivity contribution in [3.05, 3.63) is 174 Å². The van der Waals surface area contributed by atoms with E-state index in [1.165, 1.54) is 0 Å². The van der Waals surface area contributed by atoms with Crippen LogP contribution in [0.5, 0.6) is 23.0 Å². The summed E-state index contributed by atoms with van der Waals surface area (Å²) in [5.41, 5.74) is 14.3. The molecule has 3 aliphatic rings. The zero-order valence-corrected chi connectivity index (χ0v) is 42.1. The van der Waals surface area contributed by atoms with E-state index < -0.39 is 0 Å². The molecule has 0 amide bonds. The highest BCUT2D eigenvalue weighted by Gasteiger charge is 2.29. The molecule has 7 aromatic rings. The van der Waals surface area contributed by atoms with Gasteiger partial charge in [0, 0.05) is 25.7 Å². The van der Waals surface area contributed by atoms with Crippen LogP contribution in [0.3, 0.4) is 0 Å². The number of aromatic nitrogens is 6. The number of fused-ring (bicyclic) bond motifs is 2. The molecule has 0 fully saturated rings. The number of phenols is 2. The second kappa shape index (κ2) is 17.3. The second-order valence-corrected chi connectivity index (χ2v) is 23.4. The standard InChI is InChI=1S/C58H68N6O4/c1-55(2,3)45-21-37-17-41-25-47(57(7,8)9)27-43-19-39-23-46(56(4,5)6)24-40(52(39)66)20-44-28-48(58(10,11)12)26-42(18-38(22-45)51(37)65)54(44)68-34-50-32-64(62-60-50)30-36-16-14-13-15-35(36)29-63-31-49(59-61-63)33-67-53(41)43/h13-16,21-28,31-32,65-66H,17-20,29-30,33-34H2,1-12H3. The first-order valence-corrected chi connectivity index (χ1v) is 24.1. The summed E-state index contributed by atoms with van der Waals surface area (Å²) in [7, 11) is 0. The minimum atomic E-state index is -0.223. The molecule has 0 spiro atoms. The number of nitrogens with zero attached hydrogens (tertiary/aromatic N) is 6. The number of rotatable bonds is 0. The Morgan fingerprint density at radius 3 is 0.971 bits per heavy atom. The van der Waals surface area contributed by atoms with Crippen molar-refractivity contribution in [2.75, 3.05) is 0 Å². The van der Waals surface area contributed by atoms with Crippen LogP contribution in [0.4, 0.5) is 0 Å². The first kappa shape index (κ1) is 46.7. The first-order chi connectivity index (χ1) is 32.0. The lowest BCUT2D eigenvalue weighted by Crippen LogP contribution is -2.16. The molecule has 0 saturated carbocycles. The lowest BCUT2D eigenvalue weighted by molar-refractivity contribution is 0.295. The number of benzene rings is 5. The van der Waals surface area contributed by atoms with E-state index in [9.17, 15) is 10.2 Å². The van der Waals surface area contributed by atoms with E-state index in [-0.39, 0.29) is 46.4 Å². The largest absolute Gasteiger partial charge is 0.507 e. The van der Waals surface area contributed by atoms with Gasteiger partial charge in [-0.05, 0) is 99.5 Å². The van der Waals surface area contributed by atoms with E-state index in [4.69, 9.17) is 9.47 Å². The van der Waals surface area contributed by atoms with Gasteiger partial charge < -0.3 is 19.7 Å². The Hall–Kier alpha value is -6.42. The van der Waals surface area contributed by atoms with Crippen LogP contribution in [0.15, 0.2) is 85.2 Å². The highest BCUT2D eigenvalue weighted by atomic mass is 16.5. The SMILES string of the molecule is CC(C)(C)c1cc2c(O)c(c1)Cc1cc(C(C)(C)C)cc3c1OCc1cn(nn1)Cc1ccccc1Cn1cc(nn1)COc1c(cc(C(C)(C)C)cc1Cc1cc(C(C)(C)C)cc(c1O)C3)C2. The van der Waals surface area contributed by atoms with Gasteiger partial charge in [-0.15, -0.1) is 10.2 Å². The number of ether oxygens (including phenoxy) is 2. The molecule has 10 nitrogen and oxygen atoms in total. The Balaban J connectivity index is 1.36. The molecule has 1 aliphatic carbocycles. The molecule has 10 heteroatoms. The van der Waals surface area contributed by atoms with Crippen LogP contribution in [-0.4, -0.2) is 40.2 Å². The zero-order valence-electron chi connectivity index (χ0n) is 42.1. The van der Waals surface area contributed by atoms with E-state index in [2.05, 4.69) is 164 Å². The van der Waals surface area contributed by atoms with Gasteiger partial charge in [0.15, 0.2) is 0 Å². The molecule has 10 rings (SSSR count). The van der Waals surface area contributed by atoms with Gasteiger partial charge in [-0.25, -0.2) is 9.36 Å². The smallest absolute Gasteiger partial charge is 0.134 e. The summed E-state index contributed by atoms with van der Waals surface area (Å²) in [6.07, 6.45) is 5.52. The summed E-state index contributed by atoms with van der Waals surface area (Å²) in [6.45, 7) is 28.1. The third kappa shape index (κ3) is 9.78. The lowest BCUT2D eigenvalue weighted by atomic mass is 9.79. The van der Waals surface area contributed by atoms with Crippen molar-refractivity contribution in [3.8, 4) is 23.0 Å². The van der Waals surface area contributed by atoms with Crippen LogP contribution in [0.2, 0.25) is 0 Å². The third-order valence-corrected chi connectivity index (χ3v) is 13.7. The molecular weight excluding hydrogens is 845 g/mol. The van der Waals surface area contributed by atoms with Crippen molar-refractivity contribution in [3.63, 3.8) is 0 Å². The Morgan fingerprint density at radius 1 is 0.412 bits per heavy atom. The Labute approximate surface area is 402 Å². The zero-order chi connectivity index (χ0) is 48.5. The first-order valence-electron chi connectivity index (χ1n) is 24.1. The fourth-order valence-electron chi connectivity index (χ4n) is 9.49. The minimum absolute atomic E-state index is 0.171. The summed E-state index contributed by atoms with van der Waals surface area (Å²) < 4.78 is 17.8. The Morgan fingerprint density at radius 2 is 0.691 bits per heavy atom. The molecule has 2 aromatic heterocycles. The molecule has 354 valence electrons. The predicted octanol–water partition coefficient (Wildman–Crippen LogP) is 11.7. The van der Waals surface area contributed by atoms with Crippen molar-refractivity contribution >= 4 is 0 Å². The summed E-state index contributed by atoms with van der Waals surface area (Å²) in [4.78, 5) is 0. The number of aromatic hydroxyl groups is 2. The van der Waals surface area contributed by atoms with Crippen molar-refractivity contribution in [1.82, 2.24) is 30.0 Å². The van der Waals surface area contributed by atoms with Crippen molar-refractivity contribution in [2.24, 2.45) is 0 Å². The average molecular weight is 913 g/mol. The Bertz CT molecular complexity index is 2740. The second-order valence-electron chi connectivity index (χ2n) is 23.4. The summed E-state index contributed by atoms with van der Waals surface area (Å²) in [5.74, 6) is 1.95. The topological polar surface area (TPSA) is 120 Å². The van der Waals surface area contributed by atoms with E-state index in [1.54, 1.807) is 0 Å². The van der Waals surface area contributed by atoms with Crippen LogP contribution in [0, 0.1) is 0 Å². The normalized spacial score (nSPS) is 14.6. The maximum absolute atomic E-state index is 12.7. The fraction of sp³-hybridized carbons (Fsp3) is 0.414. The van der Waals surface area contributed by atoms with Gasteiger partial charge >= 0.3 is 0 Å². The summed E-state index contributed by atoms with van der Waals surface area (Å²) in [6, 6.07) is 26.0. The quantitative estimate of drug-likeness (QED) is 0.154. The summed E-state index contributed by atoms with van der Waals surface area (Å²) in [5, 5.41) is 43.7. The number of hydrogen-bond acceptors (Lipinski definition) is 8. The van der Waals surface area contributed by atoms with Crippen LogP contribution < -0.4 is 9.47 Å². The molecule has 0 unspecified atom stereocenters. The molecule has 2 N–H and O–H groups in total. The molecule has 4 heterocycles. The molecule has 0 atom stereocenters. The maximum atomic E-state index is 12.7. The highest BCUT2D eigenvalue weighted by Crippen LogP contribution is 2.44. The molecule has 68 heavy (non-hydrogen) atoms. The van der Waals surface area contributed by atoms with Gasteiger partial charge in [0.2, 0.25) is 0 Å². The van der Waals surface area contributed by atoms with E-state index in [0.29, 0.717) is 50.2 Å². The van der Waals surface area contributed by atoms with Gasteiger partial charge in [-0.1, -0.05) is 166 Å². The molecule has 2 aliphatic heterocycles.